The fourth-order valence-corrected chi connectivity index (χ4v) is 6.29. The molecule has 1 aromatic carbocycles. The molecule has 0 radical (unpaired) electrons. The van der Waals surface area contributed by atoms with Crippen LogP contribution in [0.15, 0.2) is 29.8 Å². The van der Waals surface area contributed by atoms with E-state index in [2.05, 4.69) is 0 Å². The normalized spacial score (nSPS) is 31.6. The van der Waals surface area contributed by atoms with Gasteiger partial charge in [-0.15, -0.1) is 0 Å². The third kappa shape index (κ3) is 2.98. The number of primary amides is 2. The van der Waals surface area contributed by atoms with Crippen molar-refractivity contribution < 1.29 is 38.6 Å². The summed E-state index contributed by atoms with van der Waals surface area (Å²) >= 11 is 0. The Bertz CT molecular complexity index is 1260. The Hall–Kier alpha value is -4.22. The van der Waals surface area contributed by atoms with Gasteiger partial charge in [0.05, 0.1) is 30.8 Å². The van der Waals surface area contributed by atoms with Gasteiger partial charge < -0.3 is 21.3 Å². The Labute approximate surface area is 198 Å². The molecule has 5 N–H and O–H groups in total. The van der Waals surface area contributed by atoms with Crippen LogP contribution in [0.2, 0.25) is 0 Å². The summed E-state index contributed by atoms with van der Waals surface area (Å²) in [5, 5.41) is 10.1. The molecule has 2 aliphatic carbocycles. The Morgan fingerprint density at radius 2 is 1.51 bits per heavy atom. The molecule has 6 atom stereocenters. The zero-order valence-corrected chi connectivity index (χ0v) is 18.5. The molecule has 182 valence electrons. The number of carbonyl (C=O) groups is 6. The molecule has 12 nitrogen and oxygen atoms in total. The zero-order valence-electron chi connectivity index (χ0n) is 18.5. The molecule has 12 heteroatoms. The molecule has 8 amide bonds. The van der Waals surface area contributed by atoms with Crippen molar-refractivity contribution in [3.8, 4) is 11.5 Å². The first-order valence-electron chi connectivity index (χ1n) is 11.0. The van der Waals surface area contributed by atoms with Crippen LogP contribution >= 0.6 is 0 Å². The molecule has 6 unspecified atom stereocenters. The minimum atomic E-state index is -1.20. The van der Waals surface area contributed by atoms with Gasteiger partial charge in [0.25, 0.3) is 0 Å². The van der Waals surface area contributed by atoms with E-state index in [1.54, 1.807) is 12.1 Å². The number of nitrogens with zero attached hydrogens (tertiary/aromatic N) is 2. The quantitative estimate of drug-likeness (QED) is 0.393. The second-order valence-corrected chi connectivity index (χ2v) is 9.16. The second kappa shape index (κ2) is 7.65. The number of aromatic hydroxyl groups is 1. The number of nitrogens with two attached hydrogens (primary N) is 2. The number of phenols is 1. The van der Waals surface area contributed by atoms with Gasteiger partial charge in [-0.2, -0.15) is 9.80 Å². The van der Waals surface area contributed by atoms with Gasteiger partial charge in [-0.1, -0.05) is 17.7 Å². The summed E-state index contributed by atoms with van der Waals surface area (Å²) in [6.07, 6.45) is 1.91. The minimum absolute atomic E-state index is 0.0172. The Kier molecular flexibility index (Phi) is 4.93. The molecule has 2 aliphatic heterocycles. The number of urea groups is 2. The summed E-state index contributed by atoms with van der Waals surface area (Å²) in [4.78, 5) is 76.9. The number of fused-ring (bicyclic) bond motifs is 4. The third-order valence-corrected chi connectivity index (χ3v) is 7.65. The lowest BCUT2D eigenvalue weighted by molar-refractivity contribution is -0.138. The van der Waals surface area contributed by atoms with E-state index < -0.39 is 71.2 Å². The van der Waals surface area contributed by atoms with E-state index in [4.69, 9.17) is 16.2 Å². The zero-order chi connectivity index (χ0) is 25.3. The Morgan fingerprint density at radius 1 is 0.914 bits per heavy atom. The van der Waals surface area contributed by atoms with E-state index in [0.717, 1.165) is 0 Å². The molecule has 3 fully saturated rings. The average molecular weight is 482 g/mol. The molecule has 5 rings (SSSR count). The number of phenolic OH excluding ortho intramolecular Hbond substituents is 1. The van der Waals surface area contributed by atoms with E-state index in [0.29, 0.717) is 20.9 Å². The summed E-state index contributed by atoms with van der Waals surface area (Å²) in [6, 6.07) is 2.10. The summed E-state index contributed by atoms with van der Waals surface area (Å²) in [5.41, 5.74) is 11.8. The Morgan fingerprint density at radius 3 is 2.11 bits per heavy atom. The average Bonchev–Trinajstić information content (AvgIpc) is 3.22. The van der Waals surface area contributed by atoms with Crippen LogP contribution in [-0.4, -0.2) is 57.7 Å². The van der Waals surface area contributed by atoms with E-state index in [1.165, 1.54) is 19.2 Å². The van der Waals surface area contributed by atoms with Gasteiger partial charge in [0, 0.05) is 5.92 Å². The smallest absolute Gasteiger partial charge is 0.328 e. The first-order valence-corrected chi connectivity index (χ1v) is 11.0. The van der Waals surface area contributed by atoms with Gasteiger partial charge in [0.15, 0.2) is 11.5 Å². The number of likely N-dealkylation sites (tertiary alicyclic amines) is 2. The van der Waals surface area contributed by atoms with Gasteiger partial charge in [0.1, 0.15) is 0 Å². The van der Waals surface area contributed by atoms with Crippen LogP contribution in [0.25, 0.3) is 0 Å². The van der Waals surface area contributed by atoms with Crippen molar-refractivity contribution in [2.45, 2.75) is 18.8 Å². The SMILES string of the molecule is COc1cc(C2C3=CCC4C(=O)N(C(N)=O)C(=O)C4C3CC3C(=O)N(C(N)=O)C(=O)C32)ccc1O. The van der Waals surface area contributed by atoms with E-state index in [-0.39, 0.29) is 24.3 Å². The summed E-state index contributed by atoms with van der Waals surface area (Å²) < 4.78 is 5.21. The van der Waals surface area contributed by atoms with Crippen molar-refractivity contribution in [2.24, 2.45) is 41.1 Å². The van der Waals surface area contributed by atoms with E-state index in [1.807, 2.05) is 0 Å². The molecule has 1 aromatic rings. The number of methoxy groups -OCH3 is 1. The molecule has 0 bridgehead atoms. The first kappa shape index (κ1) is 22.6. The molecule has 2 saturated heterocycles. The number of allylic oxidation sites excluding steroid dienone is 2. The molecule has 2 heterocycles. The lowest BCUT2D eigenvalue weighted by atomic mass is 9.57. The fraction of sp³-hybridized carbons (Fsp3) is 0.391. The predicted molar refractivity (Wildman–Crippen MR) is 115 cm³/mol. The van der Waals surface area contributed by atoms with Crippen LogP contribution in [0.3, 0.4) is 0 Å². The predicted octanol–water partition coefficient (Wildman–Crippen LogP) is 0.194. The van der Waals surface area contributed by atoms with Crippen molar-refractivity contribution in [3.05, 3.63) is 35.4 Å². The lowest BCUT2D eigenvalue weighted by Gasteiger charge is -2.44. The van der Waals surface area contributed by atoms with Gasteiger partial charge >= 0.3 is 12.1 Å². The van der Waals surface area contributed by atoms with Crippen LogP contribution in [0.5, 0.6) is 11.5 Å². The van der Waals surface area contributed by atoms with Crippen molar-refractivity contribution in [2.75, 3.05) is 7.11 Å². The monoisotopic (exact) mass is 482 g/mol. The van der Waals surface area contributed by atoms with E-state index in [9.17, 15) is 33.9 Å². The minimum Gasteiger partial charge on any atom is -0.504 e. The van der Waals surface area contributed by atoms with Crippen LogP contribution < -0.4 is 16.2 Å². The number of benzene rings is 1. The number of hydrogen-bond acceptors (Lipinski definition) is 8. The molecule has 1 saturated carbocycles. The highest BCUT2D eigenvalue weighted by atomic mass is 16.5. The number of ether oxygens (including phenoxy) is 1. The largest absolute Gasteiger partial charge is 0.504 e. The summed E-state index contributed by atoms with van der Waals surface area (Å²) in [5.74, 6) is -8.12. The van der Waals surface area contributed by atoms with Crippen LogP contribution in [0, 0.1) is 29.6 Å². The van der Waals surface area contributed by atoms with Crippen molar-refractivity contribution in [1.82, 2.24) is 9.80 Å². The molecule has 0 aromatic heterocycles. The molecular weight excluding hydrogens is 460 g/mol. The number of imide groups is 6. The lowest BCUT2D eigenvalue weighted by Crippen LogP contribution is -2.44. The highest BCUT2D eigenvalue weighted by Crippen LogP contribution is 2.58. The van der Waals surface area contributed by atoms with Crippen molar-refractivity contribution in [3.63, 3.8) is 0 Å². The molecular formula is C23H22N4O8. The van der Waals surface area contributed by atoms with E-state index >= 15 is 0 Å². The molecule has 0 spiro atoms. The van der Waals surface area contributed by atoms with Gasteiger partial charge in [-0.3, -0.25) is 19.2 Å². The van der Waals surface area contributed by atoms with Gasteiger partial charge in [-0.25, -0.2) is 9.59 Å². The summed E-state index contributed by atoms with van der Waals surface area (Å²) in [6.45, 7) is 0. The maximum atomic E-state index is 13.3. The van der Waals surface area contributed by atoms with Crippen LogP contribution in [0.1, 0.15) is 24.3 Å². The van der Waals surface area contributed by atoms with Gasteiger partial charge in [0.2, 0.25) is 23.6 Å². The fourth-order valence-electron chi connectivity index (χ4n) is 6.29. The first-order chi connectivity index (χ1) is 16.6. The van der Waals surface area contributed by atoms with Crippen molar-refractivity contribution >= 4 is 35.7 Å². The number of amides is 8. The maximum Gasteiger partial charge on any atom is 0.328 e. The highest BCUT2D eigenvalue weighted by molar-refractivity contribution is 6.18. The Balaban J connectivity index is 1.67. The van der Waals surface area contributed by atoms with Crippen LogP contribution in [0.4, 0.5) is 9.59 Å². The highest BCUT2D eigenvalue weighted by Gasteiger charge is 2.63. The second-order valence-electron chi connectivity index (χ2n) is 9.16. The van der Waals surface area contributed by atoms with Crippen molar-refractivity contribution in [1.29, 1.82) is 0 Å². The number of carbonyl (C=O) groups excluding carboxylic acids is 6. The number of rotatable bonds is 2. The summed E-state index contributed by atoms with van der Waals surface area (Å²) in [7, 11) is 1.36. The topological polar surface area (TPSA) is 190 Å². The molecule has 35 heavy (non-hydrogen) atoms. The molecule has 4 aliphatic rings. The van der Waals surface area contributed by atoms with Crippen LogP contribution in [-0.2, 0) is 19.2 Å². The number of hydrogen-bond donors (Lipinski definition) is 3. The third-order valence-electron chi connectivity index (χ3n) is 7.65. The van der Waals surface area contributed by atoms with Gasteiger partial charge in [-0.05, 0) is 36.5 Å². The maximum absolute atomic E-state index is 13.3. The standard InChI is InChI=1S/C23H22N4O8/c1-35-14-6-8(2-5-13(14)28)15-9-3-4-10-16(20(31)26(18(10)29)22(24)33)11(9)7-12-17(15)21(32)27(19(12)30)23(25)34/h2-3,5-6,10-12,15-17,28H,4,7H2,1H3,(H2,24,33)(H2,25,34).